The first-order chi connectivity index (χ1) is 10.1. The molecule has 0 fully saturated rings. The third kappa shape index (κ3) is 3.81. The van der Waals surface area contributed by atoms with Crippen LogP contribution in [-0.2, 0) is 0 Å². The molecule has 2 rings (SSSR count). The van der Waals surface area contributed by atoms with Crippen LogP contribution in [0.5, 0.6) is 11.5 Å². The molecule has 0 aliphatic rings. The molecule has 0 aromatic heterocycles. The predicted molar refractivity (Wildman–Crippen MR) is 87.1 cm³/mol. The molecule has 4 heteroatoms. The molecule has 4 nitrogen and oxygen atoms in total. The van der Waals surface area contributed by atoms with Crippen molar-refractivity contribution in [2.45, 2.75) is 19.9 Å². The summed E-state index contributed by atoms with van der Waals surface area (Å²) in [6.45, 7) is 4.65. The van der Waals surface area contributed by atoms with Gasteiger partial charge in [-0.05, 0) is 43.7 Å². The fourth-order valence-electron chi connectivity index (χ4n) is 2.13. The standard InChI is InChI=1S/C17H22N2O2/c1-4-21-17-11-14(7-10-16(17)18)19-12(2)13-5-8-15(20-3)9-6-13/h5-12,19H,4,18H2,1-3H3. The fourth-order valence-corrected chi connectivity index (χ4v) is 2.13. The van der Waals surface area contributed by atoms with Crippen molar-refractivity contribution in [1.29, 1.82) is 0 Å². The molecule has 0 bridgehead atoms. The zero-order valence-corrected chi connectivity index (χ0v) is 12.7. The molecule has 2 aromatic rings. The minimum atomic E-state index is 0.175. The van der Waals surface area contributed by atoms with Gasteiger partial charge in [0.2, 0.25) is 0 Å². The van der Waals surface area contributed by atoms with Crippen LogP contribution in [0.4, 0.5) is 11.4 Å². The minimum absolute atomic E-state index is 0.175. The van der Waals surface area contributed by atoms with Crippen LogP contribution in [0.3, 0.4) is 0 Å². The number of benzene rings is 2. The summed E-state index contributed by atoms with van der Waals surface area (Å²) in [7, 11) is 1.67. The number of rotatable bonds is 6. The van der Waals surface area contributed by atoms with Crippen LogP contribution in [0.2, 0.25) is 0 Å². The van der Waals surface area contributed by atoms with Gasteiger partial charge >= 0.3 is 0 Å². The van der Waals surface area contributed by atoms with E-state index in [2.05, 4.69) is 24.4 Å². The Labute approximate surface area is 125 Å². The maximum atomic E-state index is 5.88. The highest BCUT2D eigenvalue weighted by Gasteiger charge is 2.07. The van der Waals surface area contributed by atoms with Crippen LogP contribution in [0.15, 0.2) is 42.5 Å². The van der Waals surface area contributed by atoms with Gasteiger partial charge in [-0.15, -0.1) is 0 Å². The summed E-state index contributed by atoms with van der Waals surface area (Å²) in [4.78, 5) is 0. The van der Waals surface area contributed by atoms with Crippen LogP contribution in [0.25, 0.3) is 0 Å². The molecule has 0 heterocycles. The Morgan fingerprint density at radius 1 is 1.14 bits per heavy atom. The SMILES string of the molecule is CCOc1cc(NC(C)c2ccc(OC)cc2)ccc1N. The Balaban J connectivity index is 2.11. The molecular formula is C17H22N2O2. The second-order valence-electron chi connectivity index (χ2n) is 4.82. The van der Waals surface area contributed by atoms with Crippen LogP contribution in [0.1, 0.15) is 25.5 Å². The van der Waals surface area contributed by atoms with Gasteiger partial charge in [0.15, 0.2) is 0 Å². The second kappa shape index (κ2) is 6.88. The third-order valence-corrected chi connectivity index (χ3v) is 3.31. The van der Waals surface area contributed by atoms with E-state index in [-0.39, 0.29) is 6.04 Å². The number of hydrogen-bond donors (Lipinski definition) is 2. The van der Waals surface area contributed by atoms with E-state index in [1.54, 1.807) is 7.11 Å². The first-order valence-electron chi connectivity index (χ1n) is 7.07. The molecule has 0 aliphatic heterocycles. The Morgan fingerprint density at radius 2 is 1.86 bits per heavy atom. The lowest BCUT2D eigenvalue weighted by Crippen LogP contribution is -2.07. The van der Waals surface area contributed by atoms with Crippen molar-refractivity contribution in [2.24, 2.45) is 0 Å². The van der Waals surface area contributed by atoms with Gasteiger partial charge in [0.05, 0.1) is 19.4 Å². The highest BCUT2D eigenvalue weighted by Crippen LogP contribution is 2.28. The van der Waals surface area contributed by atoms with Crippen LogP contribution < -0.4 is 20.5 Å². The van der Waals surface area contributed by atoms with Gasteiger partial charge in [0.25, 0.3) is 0 Å². The maximum Gasteiger partial charge on any atom is 0.144 e. The normalized spacial score (nSPS) is 11.8. The average Bonchev–Trinajstić information content (AvgIpc) is 2.51. The monoisotopic (exact) mass is 286 g/mol. The molecule has 1 unspecified atom stereocenters. The Bertz CT molecular complexity index is 582. The maximum absolute atomic E-state index is 5.88. The lowest BCUT2D eigenvalue weighted by Gasteiger charge is -2.17. The van der Waals surface area contributed by atoms with E-state index in [9.17, 15) is 0 Å². The summed E-state index contributed by atoms with van der Waals surface area (Å²) in [5, 5.41) is 3.45. The topological polar surface area (TPSA) is 56.5 Å². The molecule has 0 aliphatic carbocycles. The smallest absolute Gasteiger partial charge is 0.144 e. The number of nitrogen functional groups attached to an aromatic ring is 1. The summed E-state index contributed by atoms with van der Waals surface area (Å²) in [6, 6.07) is 13.9. The van der Waals surface area contributed by atoms with Gasteiger partial charge in [0, 0.05) is 17.8 Å². The molecular weight excluding hydrogens is 264 g/mol. The van der Waals surface area contributed by atoms with E-state index in [0.29, 0.717) is 18.0 Å². The zero-order valence-electron chi connectivity index (χ0n) is 12.7. The zero-order chi connectivity index (χ0) is 15.2. The molecule has 0 amide bonds. The van der Waals surface area contributed by atoms with E-state index in [4.69, 9.17) is 15.2 Å². The van der Waals surface area contributed by atoms with Gasteiger partial charge in [-0.1, -0.05) is 12.1 Å². The summed E-state index contributed by atoms with van der Waals surface area (Å²) in [5.74, 6) is 1.57. The van der Waals surface area contributed by atoms with Crippen molar-refractivity contribution < 1.29 is 9.47 Å². The van der Waals surface area contributed by atoms with Crippen molar-refractivity contribution in [2.75, 3.05) is 24.8 Å². The summed E-state index contributed by atoms with van der Waals surface area (Å²) < 4.78 is 10.7. The average molecular weight is 286 g/mol. The summed E-state index contributed by atoms with van der Waals surface area (Å²) in [6.07, 6.45) is 0. The first-order valence-corrected chi connectivity index (χ1v) is 7.07. The molecule has 112 valence electrons. The van der Waals surface area contributed by atoms with Gasteiger partial charge in [0.1, 0.15) is 11.5 Å². The van der Waals surface area contributed by atoms with E-state index in [1.165, 1.54) is 5.56 Å². The molecule has 3 N–H and O–H groups in total. The number of hydrogen-bond acceptors (Lipinski definition) is 4. The molecule has 0 radical (unpaired) electrons. The molecule has 0 spiro atoms. The molecule has 0 saturated heterocycles. The minimum Gasteiger partial charge on any atom is -0.497 e. The first kappa shape index (κ1) is 15.0. The van der Waals surface area contributed by atoms with Gasteiger partial charge in [-0.25, -0.2) is 0 Å². The Hall–Kier alpha value is -2.36. The summed E-state index contributed by atoms with van der Waals surface area (Å²) in [5.41, 5.74) is 8.70. The lowest BCUT2D eigenvalue weighted by atomic mass is 10.1. The van der Waals surface area contributed by atoms with E-state index < -0.39 is 0 Å². The predicted octanol–water partition coefficient (Wildman–Crippen LogP) is 3.85. The van der Waals surface area contributed by atoms with E-state index in [1.807, 2.05) is 37.3 Å². The van der Waals surface area contributed by atoms with Crippen molar-refractivity contribution in [1.82, 2.24) is 0 Å². The van der Waals surface area contributed by atoms with Crippen molar-refractivity contribution in [3.05, 3.63) is 48.0 Å². The number of methoxy groups -OCH3 is 1. The number of nitrogens with one attached hydrogen (secondary N) is 1. The Kier molecular flexibility index (Phi) is 4.93. The molecule has 1 atom stereocenters. The van der Waals surface area contributed by atoms with Crippen LogP contribution in [-0.4, -0.2) is 13.7 Å². The fraction of sp³-hybridized carbons (Fsp3) is 0.294. The van der Waals surface area contributed by atoms with E-state index >= 15 is 0 Å². The molecule has 21 heavy (non-hydrogen) atoms. The second-order valence-corrected chi connectivity index (χ2v) is 4.82. The molecule has 2 aromatic carbocycles. The van der Waals surface area contributed by atoms with Crippen molar-refractivity contribution in [3.8, 4) is 11.5 Å². The number of nitrogens with two attached hydrogens (primary N) is 1. The van der Waals surface area contributed by atoms with Gasteiger partial charge < -0.3 is 20.5 Å². The van der Waals surface area contributed by atoms with Gasteiger partial charge in [-0.3, -0.25) is 0 Å². The van der Waals surface area contributed by atoms with Crippen molar-refractivity contribution >= 4 is 11.4 Å². The largest absolute Gasteiger partial charge is 0.497 e. The lowest BCUT2D eigenvalue weighted by molar-refractivity contribution is 0.342. The quantitative estimate of drug-likeness (QED) is 0.792. The van der Waals surface area contributed by atoms with Crippen LogP contribution in [0, 0.1) is 0 Å². The third-order valence-electron chi connectivity index (χ3n) is 3.31. The van der Waals surface area contributed by atoms with Crippen molar-refractivity contribution in [3.63, 3.8) is 0 Å². The highest BCUT2D eigenvalue weighted by molar-refractivity contribution is 5.61. The number of ether oxygens (including phenoxy) is 2. The molecule has 0 saturated carbocycles. The number of anilines is 2. The van der Waals surface area contributed by atoms with Gasteiger partial charge in [-0.2, -0.15) is 0 Å². The Morgan fingerprint density at radius 3 is 2.48 bits per heavy atom. The van der Waals surface area contributed by atoms with Crippen LogP contribution >= 0.6 is 0 Å². The highest BCUT2D eigenvalue weighted by atomic mass is 16.5. The summed E-state index contributed by atoms with van der Waals surface area (Å²) >= 11 is 0. The van der Waals surface area contributed by atoms with E-state index in [0.717, 1.165) is 11.4 Å².